The number of carbonyl (C=O) groups excluding carboxylic acids is 1. The molecule has 1 rings (SSSR count). The third kappa shape index (κ3) is 4.90. The van der Waals surface area contributed by atoms with Gasteiger partial charge in [-0.2, -0.15) is 0 Å². The van der Waals surface area contributed by atoms with Crippen LogP contribution in [-0.4, -0.2) is 5.97 Å². The second-order valence-electron chi connectivity index (χ2n) is 6.14. The van der Waals surface area contributed by atoms with Gasteiger partial charge in [0.1, 0.15) is 0 Å². The Morgan fingerprint density at radius 2 is 1.89 bits per heavy atom. The van der Waals surface area contributed by atoms with Gasteiger partial charge in [-0.25, -0.2) is 0 Å². The van der Waals surface area contributed by atoms with Crippen molar-refractivity contribution in [1.29, 1.82) is 0 Å². The molecule has 0 saturated heterocycles. The molecule has 0 amide bonds. The van der Waals surface area contributed by atoms with Gasteiger partial charge in [-0.05, 0) is 47.9 Å². The summed E-state index contributed by atoms with van der Waals surface area (Å²) in [6.07, 6.45) is 2.36. The lowest BCUT2D eigenvalue weighted by Crippen LogP contribution is -2.11. The molecule has 0 fully saturated rings. The van der Waals surface area contributed by atoms with Crippen molar-refractivity contribution in [3.63, 3.8) is 0 Å². The lowest BCUT2D eigenvalue weighted by molar-refractivity contribution is -0.135. The van der Waals surface area contributed by atoms with E-state index in [9.17, 15) is 4.79 Å². The van der Waals surface area contributed by atoms with Crippen molar-refractivity contribution < 1.29 is 9.53 Å². The first-order valence-corrected chi connectivity index (χ1v) is 6.63. The number of hydrogen-bond acceptors (Lipinski definition) is 2. The van der Waals surface area contributed by atoms with Crippen LogP contribution in [0.25, 0.3) is 0 Å². The molecule has 19 heavy (non-hydrogen) atoms. The molecule has 2 nitrogen and oxygen atoms in total. The fraction of sp³-hybridized carbons (Fsp3) is 0.471. The van der Waals surface area contributed by atoms with E-state index in [4.69, 9.17) is 4.74 Å². The maximum atomic E-state index is 10.8. The Bertz CT molecular complexity index is 490. The smallest absolute Gasteiger partial charge is 0.307 e. The van der Waals surface area contributed by atoms with Gasteiger partial charge in [-0.3, -0.25) is 4.79 Å². The summed E-state index contributed by atoms with van der Waals surface area (Å²) in [7, 11) is 0. The summed E-state index contributed by atoms with van der Waals surface area (Å²) in [5.74, 6) is -0.278. The summed E-state index contributed by atoms with van der Waals surface area (Å²) in [6, 6.07) is 6.60. The minimum atomic E-state index is -0.278. The third-order valence-electron chi connectivity index (χ3n) is 3.11. The predicted octanol–water partition coefficient (Wildman–Crippen LogP) is 4.30. The molecule has 104 valence electrons. The Morgan fingerprint density at radius 3 is 2.42 bits per heavy atom. The van der Waals surface area contributed by atoms with Crippen LogP contribution in [0.3, 0.4) is 0 Å². The maximum Gasteiger partial charge on any atom is 0.307 e. The largest absolute Gasteiger partial charge is 0.435 e. The van der Waals surface area contributed by atoms with Crippen LogP contribution in [0, 0.1) is 6.92 Å². The lowest BCUT2D eigenvalue weighted by Gasteiger charge is -2.21. The van der Waals surface area contributed by atoms with Gasteiger partial charge < -0.3 is 4.74 Å². The van der Waals surface area contributed by atoms with E-state index in [1.165, 1.54) is 23.6 Å². The lowest BCUT2D eigenvalue weighted by atomic mass is 9.84. The number of benzene rings is 1. The molecular weight excluding hydrogens is 236 g/mol. The normalized spacial score (nSPS) is 12.4. The van der Waals surface area contributed by atoms with Gasteiger partial charge in [-0.15, -0.1) is 0 Å². The maximum absolute atomic E-state index is 10.8. The monoisotopic (exact) mass is 260 g/mol. The van der Waals surface area contributed by atoms with Crippen LogP contribution < -0.4 is 0 Å². The van der Waals surface area contributed by atoms with Gasteiger partial charge in [0.15, 0.2) is 0 Å². The Labute approximate surface area is 116 Å². The van der Waals surface area contributed by atoms with E-state index in [0.717, 1.165) is 12.0 Å². The topological polar surface area (TPSA) is 26.3 Å². The fourth-order valence-corrected chi connectivity index (χ4v) is 1.85. The first-order chi connectivity index (χ1) is 8.70. The average Bonchev–Trinajstić information content (AvgIpc) is 2.28. The number of ether oxygens (including phenoxy) is 1. The zero-order valence-corrected chi connectivity index (χ0v) is 12.8. The number of allylic oxidation sites excluding steroid dienone is 1. The van der Waals surface area contributed by atoms with E-state index >= 15 is 0 Å². The van der Waals surface area contributed by atoms with Crippen LogP contribution in [-0.2, 0) is 21.4 Å². The van der Waals surface area contributed by atoms with Crippen molar-refractivity contribution in [2.24, 2.45) is 0 Å². The summed E-state index contributed by atoms with van der Waals surface area (Å²) in [5, 5.41) is 0. The Hall–Kier alpha value is -1.57. The average molecular weight is 260 g/mol. The standard InChI is InChI=1S/C17H24O2/c1-12(11-19-14(3)18)9-15-10-16(17(4,5)6)8-7-13(15)2/h7-8,10-11H,9H2,1-6H3. The number of esters is 1. The van der Waals surface area contributed by atoms with Gasteiger partial charge in [-0.1, -0.05) is 39.0 Å². The van der Waals surface area contributed by atoms with Gasteiger partial charge in [0.25, 0.3) is 0 Å². The first kappa shape index (κ1) is 15.5. The van der Waals surface area contributed by atoms with Gasteiger partial charge in [0.05, 0.1) is 6.26 Å². The summed E-state index contributed by atoms with van der Waals surface area (Å²) in [5.41, 5.74) is 5.07. The highest BCUT2D eigenvalue weighted by Crippen LogP contribution is 2.25. The van der Waals surface area contributed by atoms with Crippen molar-refractivity contribution in [2.75, 3.05) is 0 Å². The van der Waals surface area contributed by atoms with Crippen molar-refractivity contribution in [3.05, 3.63) is 46.7 Å². The highest BCUT2D eigenvalue weighted by molar-refractivity contribution is 5.66. The molecule has 0 N–H and O–H groups in total. The summed E-state index contributed by atoms with van der Waals surface area (Å²) >= 11 is 0. The van der Waals surface area contributed by atoms with Crippen molar-refractivity contribution in [3.8, 4) is 0 Å². The van der Waals surface area contributed by atoms with E-state index in [1.807, 2.05) is 6.92 Å². The molecular formula is C17H24O2. The molecule has 0 unspecified atom stereocenters. The van der Waals surface area contributed by atoms with Gasteiger partial charge >= 0.3 is 5.97 Å². The molecule has 0 atom stereocenters. The van der Waals surface area contributed by atoms with E-state index in [0.29, 0.717) is 0 Å². The number of aryl methyl sites for hydroxylation is 1. The SMILES string of the molecule is CC(=O)OC=C(C)Cc1cc(C(C)(C)C)ccc1C. The molecule has 1 aromatic carbocycles. The molecule has 0 bridgehead atoms. The second-order valence-corrected chi connectivity index (χ2v) is 6.14. The molecule has 2 heteroatoms. The minimum absolute atomic E-state index is 0.149. The zero-order valence-electron chi connectivity index (χ0n) is 12.8. The van der Waals surface area contributed by atoms with Crippen molar-refractivity contribution in [1.82, 2.24) is 0 Å². The van der Waals surface area contributed by atoms with Crippen LogP contribution in [0.15, 0.2) is 30.0 Å². The van der Waals surface area contributed by atoms with Crippen LogP contribution >= 0.6 is 0 Å². The van der Waals surface area contributed by atoms with Crippen molar-refractivity contribution >= 4 is 5.97 Å². The van der Waals surface area contributed by atoms with Crippen molar-refractivity contribution in [2.45, 2.75) is 53.4 Å². The van der Waals surface area contributed by atoms with E-state index in [2.05, 4.69) is 45.9 Å². The molecule has 0 saturated carbocycles. The Morgan fingerprint density at radius 1 is 1.26 bits per heavy atom. The van der Waals surface area contributed by atoms with Crippen LogP contribution in [0.5, 0.6) is 0 Å². The van der Waals surface area contributed by atoms with Crippen LogP contribution in [0.1, 0.15) is 51.3 Å². The summed E-state index contributed by atoms with van der Waals surface area (Å²) < 4.78 is 4.91. The highest BCUT2D eigenvalue weighted by atomic mass is 16.5. The molecule has 0 aliphatic rings. The highest BCUT2D eigenvalue weighted by Gasteiger charge is 2.14. The number of rotatable bonds is 3. The third-order valence-corrected chi connectivity index (χ3v) is 3.11. The molecule has 0 heterocycles. The van der Waals surface area contributed by atoms with E-state index < -0.39 is 0 Å². The molecule has 0 spiro atoms. The van der Waals surface area contributed by atoms with Crippen LogP contribution in [0.4, 0.5) is 0 Å². The molecule has 0 aliphatic heterocycles. The Balaban J connectivity index is 2.94. The fourth-order valence-electron chi connectivity index (χ4n) is 1.85. The Kier molecular flexibility index (Phi) is 4.93. The number of carbonyl (C=O) groups is 1. The molecule has 1 aromatic rings. The van der Waals surface area contributed by atoms with E-state index in [-0.39, 0.29) is 11.4 Å². The van der Waals surface area contributed by atoms with Crippen LogP contribution in [0.2, 0.25) is 0 Å². The zero-order chi connectivity index (χ0) is 14.6. The molecule has 0 aromatic heterocycles. The second kappa shape index (κ2) is 6.05. The summed E-state index contributed by atoms with van der Waals surface area (Å²) in [4.78, 5) is 10.8. The summed E-state index contributed by atoms with van der Waals surface area (Å²) in [6.45, 7) is 12.1. The predicted molar refractivity (Wildman–Crippen MR) is 79.1 cm³/mol. The minimum Gasteiger partial charge on any atom is -0.435 e. The molecule has 0 radical (unpaired) electrons. The number of hydrogen-bond donors (Lipinski definition) is 0. The van der Waals surface area contributed by atoms with Gasteiger partial charge in [0, 0.05) is 6.92 Å². The quantitative estimate of drug-likeness (QED) is 0.598. The first-order valence-electron chi connectivity index (χ1n) is 6.63. The van der Waals surface area contributed by atoms with E-state index in [1.54, 1.807) is 6.26 Å². The van der Waals surface area contributed by atoms with Gasteiger partial charge in [0.2, 0.25) is 0 Å². The molecule has 0 aliphatic carbocycles.